The molecule has 0 aromatic heterocycles. The molecule has 0 amide bonds. The molecule has 0 aromatic rings. The van der Waals surface area contributed by atoms with Crippen LogP contribution in [0.5, 0.6) is 0 Å². The van der Waals surface area contributed by atoms with Crippen LogP contribution in [0.2, 0.25) is 0 Å². The molecule has 0 saturated carbocycles. The van der Waals surface area contributed by atoms with Gasteiger partial charge >= 0.3 is 0 Å². The smallest absolute Gasteiger partial charge is 0.0986 e. The Morgan fingerprint density at radius 3 is 2.36 bits per heavy atom. The molecular formula is C11H22O3. The molecule has 1 aliphatic heterocycles. The van der Waals surface area contributed by atoms with Crippen molar-refractivity contribution < 1.29 is 14.6 Å². The van der Waals surface area contributed by atoms with E-state index in [9.17, 15) is 5.11 Å². The lowest BCUT2D eigenvalue weighted by atomic mass is 9.82. The average molecular weight is 202 g/mol. The summed E-state index contributed by atoms with van der Waals surface area (Å²) in [6.45, 7) is 8.09. The predicted octanol–water partition coefficient (Wildman–Crippen LogP) is 1.59. The molecule has 0 radical (unpaired) electrons. The summed E-state index contributed by atoms with van der Waals surface area (Å²) in [4.78, 5) is 0. The third-order valence-electron chi connectivity index (χ3n) is 2.94. The third-order valence-corrected chi connectivity index (χ3v) is 2.94. The van der Waals surface area contributed by atoms with Gasteiger partial charge in [-0.05, 0) is 12.8 Å². The summed E-state index contributed by atoms with van der Waals surface area (Å²) >= 11 is 0. The van der Waals surface area contributed by atoms with Crippen molar-refractivity contribution >= 4 is 0 Å². The van der Waals surface area contributed by atoms with Crippen molar-refractivity contribution in [1.82, 2.24) is 0 Å². The van der Waals surface area contributed by atoms with E-state index in [1.807, 2.05) is 20.8 Å². The van der Waals surface area contributed by atoms with E-state index in [1.54, 1.807) is 0 Å². The predicted molar refractivity (Wildman–Crippen MR) is 55.3 cm³/mol. The molecule has 1 rings (SSSR count). The van der Waals surface area contributed by atoms with Gasteiger partial charge in [-0.3, -0.25) is 0 Å². The van der Waals surface area contributed by atoms with Gasteiger partial charge in [-0.2, -0.15) is 0 Å². The Bertz CT molecular complexity index is 156. The minimum Gasteiger partial charge on any atom is -0.390 e. The second-order valence-electron chi connectivity index (χ2n) is 4.30. The molecule has 0 aliphatic carbocycles. The minimum atomic E-state index is -0.383. The molecule has 1 unspecified atom stereocenters. The zero-order valence-electron chi connectivity index (χ0n) is 9.45. The van der Waals surface area contributed by atoms with Crippen molar-refractivity contribution in [3.8, 4) is 0 Å². The van der Waals surface area contributed by atoms with Crippen molar-refractivity contribution in [1.29, 1.82) is 0 Å². The molecule has 0 spiro atoms. The maximum atomic E-state index is 10.2. The first kappa shape index (κ1) is 12.0. The SMILES string of the molecule is CCOC1(C(O)C(C)C)CCOCC1. The molecule has 3 nitrogen and oxygen atoms in total. The molecule has 84 valence electrons. The van der Waals surface area contributed by atoms with E-state index in [4.69, 9.17) is 9.47 Å². The van der Waals surface area contributed by atoms with Crippen LogP contribution in [0, 0.1) is 5.92 Å². The largest absolute Gasteiger partial charge is 0.390 e. The summed E-state index contributed by atoms with van der Waals surface area (Å²) in [5.41, 5.74) is -0.360. The highest BCUT2D eigenvalue weighted by atomic mass is 16.5. The maximum absolute atomic E-state index is 10.2. The Morgan fingerprint density at radius 1 is 1.36 bits per heavy atom. The lowest BCUT2D eigenvalue weighted by Gasteiger charge is -2.42. The highest BCUT2D eigenvalue weighted by Crippen LogP contribution is 2.32. The molecule has 1 aliphatic rings. The monoisotopic (exact) mass is 202 g/mol. The van der Waals surface area contributed by atoms with E-state index >= 15 is 0 Å². The van der Waals surface area contributed by atoms with Crippen molar-refractivity contribution in [2.24, 2.45) is 5.92 Å². The van der Waals surface area contributed by atoms with E-state index in [1.165, 1.54) is 0 Å². The van der Waals surface area contributed by atoms with Crippen LogP contribution in [0.3, 0.4) is 0 Å². The van der Waals surface area contributed by atoms with E-state index in [0.717, 1.165) is 12.8 Å². The molecule has 1 fully saturated rings. The minimum absolute atomic E-state index is 0.236. The van der Waals surface area contributed by atoms with Crippen LogP contribution >= 0.6 is 0 Å². The molecular weight excluding hydrogens is 180 g/mol. The average Bonchev–Trinajstić information content (AvgIpc) is 2.18. The summed E-state index contributed by atoms with van der Waals surface area (Å²) in [5, 5.41) is 10.2. The van der Waals surface area contributed by atoms with Gasteiger partial charge in [0.1, 0.15) is 0 Å². The first-order valence-corrected chi connectivity index (χ1v) is 5.52. The fourth-order valence-corrected chi connectivity index (χ4v) is 2.14. The van der Waals surface area contributed by atoms with E-state index in [-0.39, 0.29) is 17.6 Å². The summed E-state index contributed by atoms with van der Waals surface area (Å²) in [6, 6.07) is 0. The second kappa shape index (κ2) is 5.10. The maximum Gasteiger partial charge on any atom is 0.0986 e. The second-order valence-corrected chi connectivity index (χ2v) is 4.30. The van der Waals surface area contributed by atoms with Gasteiger partial charge in [-0.1, -0.05) is 13.8 Å². The van der Waals surface area contributed by atoms with Crippen molar-refractivity contribution in [2.75, 3.05) is 19.8 Å². The number of ether oxygens (including phenoxy) is 2. The quantitative estimate of drug-likeness (QED) is 0.752. The molecule has 0 bridgehead atoms. The van der Waals surface area contributed by atoms with Crippen LogP contribution in [0.25, 0.3) is 0 Å². The van der Waals surface area contributed by atoms with Gasteiger partial charge in [-0.25, -0.2) is 0 Å². The third kappa shape index (κ3) is 2.47. The molecule has 1 N–H and O–H groups in total. The Labute approximate surface area is 86.4 Å². The molecule has 1 atom stereocenters. The lowest BCUT2D eigenvalue weighted by Crippen LogP contribution is -2.51. The molecule has 1 saturated heterocycles. The lowest BCUT2D eigenvalue weighted by molar-refractivity contribution is -0.176. The van der Waals surface area contributed by atoms with Crippen LogP contribution < -0.4 is 0 Å². The molecule has 14 heavy (non-hydrogen) atoms. The fraction of sp³-hybridized carbons (Fsp3) is 1.00. The Kier molecular flexibility index (Phi) is 4.35. The number of hydrogen-bond donors (Lipinski definition) is 1. The first-order valence-electron chi connectivity index (χ1n) is 5.52. The number of aliphatic hydroxyl groups is 1. The Hall–Kier alpha value is -0.120. The normalized spacial score (nSPS) is 23.8. The van der Waals surface area contributed by atoms with Gasteiger partial charge in [0.05, 0.1) is 11.7 Å². The van der Waals surface area contributed by atoms with Gasteiger partial charge in [0.2, 0.25) is 0 Å². The van der Waals surface area contributed by atoms with Crippen LogP contribution in [-0.4, -0.2) is 36.6 Å². The first-order chi connectivity index (χ1) is 6.62. The van der Waals surface area contributed by atoms with Gasteiger partial charge < -0.3 is 14.6 Å². The Balaban J connectivity index is 2.68. The van der Waals surface area contributed by atoms with Crippen molar-refractivity contribution in [3.63, 3.8) is 0 Å². The van der Waals surface area contributed by atoms with E-state index in [2.05, 4.69) is 0 Å². The van der Waals surface area contributed by atoms with Crippen molar-refractivity contribution in [2.45, 2.75) is 45.3 Å². The van der Waals surface area contributed by atoms with E-state index < -0.39 is 0 Å². The molecule has 0 aromatic carbocycles. The fourth-order valence-electron chi connectivity index (χ4n) is 2.14. The number of hydrogen-bond acceptors (Lipinski definition) is 3. The van der Waals surface area contributed by atoms with E-state index in [0.29, 0.717) is 19.8 Å². The summed E-state index contributed by atoms with van der Waals surface area (Å²) in [6.07, 6.45) is 1.23. The zero-order chi connectivity index (χ0) is 10.6. The number of aliphatic hydroxyl groups excluding tert-OH is 1. The topological polar surface area (TPSA) is 38.7 Å². The van der Waals surface area contributed by atoms with Crippen LogP contribution in [0.1, 0.15) is 33.6 Å². The van der Waals surface area contributed by atoms with Gasteiger partial charge in [0.15, 0.2) is 0 Å². The summed E-state index contributed by atoms with van der Waals surface area (Å²) < 4.78 is 11.1. The van der Waals surface area contributed by atoms with Crippen LogP contribution in [0.15, 0.2) is 0 Å². The highest BCUT2D eigenvalue weighted by Gasteiger charge is 2.41. The zero-order valence-corrected chi connectivity index (χ0v) is 9.45. The highest BCUT2D eigenvalue weighted by molar-refractivity contribution is 4.92. The van der Waals surface area contributed by atoms with Gasteiger partial charge in [-0.15, -0.1) is 0 Å². The number of rotatable bonds is 4. The van der Waals surface area contributed by atoms with Crippen LogP contribution in [0.4, 0.5) is 0 Å². The Morgan fingerprint density at radius 2 is 1.93 bits per heavy atom. The van der Waals surface area contributed by atoms with Gasteiger partial charge in [0, 0.05) is 32.7 Å². The van der Waals surface area contributed by atoms with Gasteiger partial charge in [0.25, 0.3) is 0 Å². The summed E-state index contributed by atoms with van der Waals surface area (Å²) in [7, 11) is 0. The molecule has 1 heterocycles. The van der Waals surface area contributed by atoms with Crippen LogP contribution in [-0.2, 0) is 9.47 Å². The van der Waals surface area contributed by atoms with Crippen molar-refractivity contribution in [3.05, 3.63) is 0 Å². The summed E-state index contributed by atoms with van der Waals surface area (Å²) in [5.74, 6) is 0.236. The standard InChI is InChI=1S/C11H22O3/c1-4-14-11(10(12)9(2)3)5-7-13-8-6-11/h9-10,12H,4-8H2,1-3H3. The molecule has 3 heteroatoms.